The Balaban J connectivity index is 1.97. The summed E-state index contributed by atoms with van der Waals surface area (Å²) in [6.07, 6.45) is -14.0. The largest absolute Gasteiger partial charge is 0.497 e. The predicted octanol–water partition coefficient (Wildman–Crippen LogP) is 9.43. The number of hydrogen-bond donors (Lipinski definition) is 0. The summed E-state index contributed by atoms with van der Waals surface area (Å²) >= 11 is 0. The normalized spacial score (nSPS) is 14.6. The van der Waals surface area contributed by atoms with Crippen molar-refractivity contribution in [3.8, 4) is 16.9 Å². The quantitative estimate of drug-likeness (QED) is 0.0451. The van der Waals surface area contributed by atoms with Crippen LogP contribution in [0.15, 0.2) is 58.3 Å². The summed E-state index contributed by atoms with van der Waals surface area (Å²) in [5, 5.41) is 24.6. The zero-order valence-electron chi connectivity index (χ0n) is 30.1. The first-order valence-corrected chi connectivity index (χ1v) is 18.7. The molecule has 0 atom stereocenters. The summed E-state index contributed by atoms with van der Waals surface area (Å²) in [7, 11) is -11.5. The molecule has 354 valence electrons. The minimum absolute atomic E-state index is 0.0717. The van der Waals surface area contributed by atoms with Gasteiger partial charge in [0.1, 0.15) is 28.8 Å². The number of fused-ring (bicyclic) bond motifs is 3. The van der Waals surface area contributed by atoms with Crippen LogP contribution in [0.4, 0.5) is 90.4 Å². The van der Waals surface area contributed by atoms with Crippen LogP contribution in [0.25, 0.3) is 22.8 Å². The number of halogens is 18. The summed E-state index contributed by atoms with van der Waals surface area (Å²) in [6.45, 7) is -7.06. The van der Waals surface area contributed by atoms with Gasteiger partial charge in [0.25, 0.3) is 31.6 Å². The van der Waals surface area contributed by atoms with E-state index < -0.39 is 140 Å². The first-order chi connectivity index (χ1) is 28.6. The molecule has 0 N–H and O–H groups in total. The van der Waals surface area contributed by atoms with Gasteiger partial charge in [0.05, 0.1) is 28.1 Å². The fourth-order valence-corrected chi connectivity index (χ4v) is 7.25. The van der Waals surface area contributed by atoms with E-state index in [4.69, 9.17) is 4.74 Å². The summed E-state index contributed by atoms with van der Waals surface area (Å²) in [5.41, 5.74) is -8.84. The number of nitro benzene ring substituents is 2. The molecule has 13 nitrogen and oxygen atoms in total. The van der Waals surface area contributed by atoms with Crippen molar-refractivity contribution < 1.29 is 119 Å². The van der Waals surface area contributed by atoms with Crippen molar-refractivity contribution in [3.63, 3.8) is 0 Å². The van der Waals surface area contributed by atoms with E-state index in [0.29, 0.717) is 0 Å². The first kappa shape index (κ1) is 51.2. The summed E-state index contributed by atoms with van der Waals surface area (Å²) in [6, 6.07) is 4.20. The Bertz CT molecular complexity index is 2480. The molecule has 1 aliphatic rings. The molecule has 0 spiro atoms. The average Bonchev–Trinajstić information content (AvgIpc) is 3.47. The molecule has 0 saturated heterocycles. The van der Waals surface area contributed by atoms with Gasteiger partial charge in [-0.3, -0.25) is 28.6 Å². The van der Waals surface area contributed by atoms with Crippen molar-refractivity contribution in [2.45, 2.75) is 57.7 Å². The standard InChI is InChI=1S/C31H16F18N2O11S2/c1-60-14-4-2-13(3-5-14)6-17-18-7-15(63(56,57)61-11-24(32,33)26(36,37)28(40,41)30(44,45)46)9-20(50(52)53)22(18)23-19(17)8-16(10-21(23)51(54)55)64(58,59)62-12-25(34,35)27(38,39)29(42,43)31(47,48)49/h2-10H,11-12H2,1H3. The van der Waals surface area contributed by atoms with E-state index in [-0.39, 0.29) is 35.6 Å². The Hall–Kier alpha value is -5.44. The average molecular weight is 999 g/mol. The van der Waals surface area contributed by atoms with Crippen LogP contribution in [-0.4, -0.2) is 94.9 Å². The number of nitrogens with zero attached hydrogens (tertiary/aromatic N) is 2. The number of rotatable bonds is 16. The number of methoxy groups -OCH3 is 1. The molecule has 1 aliphatic carbocycles. The topological polar surface area (TPSA) is 182 Å². The summed E-state index contributed by atoms with van der Waals surface area (Å²) < 4.78 is 306. The summed E-state index contributed by atoms with van der Waals surface area (Å²) in [5.74, 6) is -43.4. The van der Waals surface area contributed by atoms with Gasteiger partial charge in [-0.2, -0.15) is 95.9 Å². The highest BCUT2D eigenvalue weighted by molar-refractivity contribution is 7.87. The smallest absolute Gasteiger partial charge is 0.460 e. The number of ether oxygens (including phenoxy) is 1. The monoisotopic (exact) mass is 998 g/mol. The molecular weight excluding hydrogens is 982 g/mol. The van der Waals surface area contributed by atoms with Crippen LogP contribution in [0.3, 0.4) is 0 Å². The molecule has 0 aromatic heterocycles. The Kier molecular flexibility index (Phi) is 12.7. The number of benzene rings is 3. The lowest BCUT2D eigenvalue weighted by Gasteiger charge is -2.33. The molecule has 0 aliphatic heterocycles. The van der Waals surface area contributed by atoms with Crippen molar-refractivity contribution in [1.29, 1.82) is 0 Å². The zero-order valence-corrected chi connectivity index (χ0v) is 31.7. The van der Waals surface area contributed by atoms with E-state index in [9.17, 15) is 116 Å². The first-order valence-electron chi connectivity index (χ1n) is 15.8. The van der Waals surface area contributed by atoms with E-state index in [1.54, 1.807) is 0 Å². The maximum Gasteiger partial charge on any atom is 0.460 e. The highest BCUT2D eigenvalue weighted by atomic mass is 32.2. The number of hydrogen-bond acceptors (Lipinski definition) is 11. The molecule has 0 unspecified atom stereocenters. The Morgan fingerprint density at radius 2 is 0.875 bits per heavy atom. The SMILES string of the molecule is COc1ccc(C=C2c3cc(S(=O)(=O)OCC(F)(F)C(F)(F)C(F)(F)C(F)(F)F)cc([N+](=O)[O-])c3-c3c2cc(S(=O)(=O)OCC(F)(F)C(F)(F)C(F)(F)C(F)(F)F)cc3[N+](=O)[O-])cc1. The molecular formula is C31H16F18N2O11S2. The third-order valence-corrected chi connectivity index (χ3v) is 11.1. The minimum atomic E-state index is -7.55. The third-order valence-electron chi connectivity index (χ3n) is 8.62. The Morgan fingerprint density at radius 1 is 0.547 bits per heavy atom. The number of alkyl halides is 18. The lowest BCUT2D eigenvalue weighted by Crippen LogP contribution is -2.62. The van der Waals surface area contributed by atoms with Crippen molar-refractivity contribution >= 4 is 43.3 Å². The maximum atomic E-state index is 14.2. The van der Waals surface area contributed by atoms with Crippen LogP contribution in [0.1, 0.15) is 16.7 Å². The van der Waals surface area contributed by atoms with Crippen molar-refractivity contribution in [3.05, 3.63) is 85.4 Å². The van der Waals surface area contributed by atoms with Gasteiger partial charge in [-0.25, -0.2) is 0 Å². The molecule has 3 aromatic carbocycles. The van der Waals surface area contributed by atoms with Crippen LogP contribution in [0.5, 0.6) is 5.75 Å². The molecule has 0 saturated carbocycles. The number of nitro groups is 2. The lowest BCUT2D eigenvalue weighted by molar-refractivity contribution is -0.398. The Labute approximate surface area is 342 Å². The molecule has 3 aromatic rings. The maximum absolute atomic E-state index is 14.2. The molecule has 33 heteroatoms. The second-order valence-corrected chi connectivity index (χ2v) is 15.9. The van der Waals surface area contributed by atoms with Crippen molar-refractivity contribution in [2.75, 3.05) is 20.3 Å². The van der Waals surface area contributed by atoms with Gasteiger partial charge in [0.2, 0.25) is 0 Å². The van der Waals surface area contributed by atoms with Gasteiger partial charge in [0, 0.05) is 12.1 Å². The molecule has 4 rings (SSSR count). The summed E-state index contributed by atoms with van der Waals surface area (Å²) in [4.78, 5) is 17.8. The van der Waals surface area contributed by atoms with E-state index in [2.05, 4.69) is 8.37 Å². The van der Waals surface area contributed by atoms with E-state index in [1.165, 1.54) is 0 Å². The van der Waals surface area contributed by atoms with E-state index >= 15 is 0 Å². The van der Waals surface area contributed by atoms with E-state index in [1.807, 2.05) is 0 Å². The molecule has 0 heterocycles. The van der Waals surface area contributed by atoms with Crippen LogP contribution < -0.4 is 4.74 Å². The highest BCUT2D eigenvalue weighted by Crippen LogP contribution is 2.57. The van der Waals surface area contributed by atoms with Crippen molar-refractivity contribution in [1.82, 2.24) is 0 Å². The lowest BCUT2D eigenvalue weighted by atomic mass is 10.0. The van der Waals surface area contributed by atoms with Gasteiger partial charge in [-0.15, -0.1) is 0 Å². The highest BCUT2D eigenvalue weighted by Gasteiger charge is 2.83. The second kappa shape index (κ2) is 15.9. The molecule has 0 amide bonds. The van der Waals surface area contributed by atoms with Crippen LogP contribution in [-0.2, 0) is 28.6 Å². The van der Waals surface area contributed by atoms with Gasteiger partial charge in [-0.1, -0.05) is 12.1 Å². The minimum Gasteiger partial charge on any atom is -0.497 e. The van der Waals surface area contributed by atoms with Gasteiger partial charge in [0.15, 0.2) is 0 Å². The van der Waals surface area contributed by atoms with Gasteiger partial charge >= 0.3 is 47.9 Å². The van der Waals surface area contributed by atoms with Crippen LogP contribution >= 0.6 is 0 Å². The molecule has 0 radical (unpaired) electrons. The van der Waals surface area contributed by atoms with Crippen LogP contribution in [0, 0.1) is 20.2 Å². The van der Waals surface area contributed by atoms with Gasteiger partial charge < -0.3 is 4.74 Å². The molecule has 0 fully saturated rings. The van der Waals surface area contributed by atoms with E-state index in [0.717, 1.165) is 37.5 Å². The molecule has 0 bridgehead atoms. The second-order valence-electron chi connectivity index (χ2n) is 12.7. The zero-order chi connectivity index (χ0) is 49.4. The fraction of sp³-hybridized carbons (Fsp3) is 0.355. The fourth-order valence-electron chi connectivity index (χ4n) is 5.33. The van der Waals surface area contributed by atoms with Crippen molar-refractivity contribution in [2.24, 2.45) is 0 Å². The van der Waals surface area contributed by atoms with Gasteiger partial charge in [-0.05, 0) is 52.6 Å². The Morgan fingerprint density at radius 3 is 1.16 bits per heavy atom. The third kappa shape index (κ3) is 8.59. The van der Waals surface area contributed by atoms with Crippen LogP contribution in [0.2, 0.25) is 0 Å². The predicted molar refractivity (Wildman–Crippen MR) is 173 cm³/mol. The molecule has 64 heavy (non-hydrogen) atoms.